The van der Waals surface area contributed by atoms with Gasteiger partial charge in [-0.25, -0.2) is 0 Å². The van der Waals surface area contributed by atoms with Crippen LogP contribution in [0.5, 0.6) is 5.75 Å². The maximum absolute atomic E-state index is 12.9. The molecule has 0 saturated carbocycles. The van der Waals surface area contributed by atoms with Gasteiger partial charge in [-0.15, -0.1) is 0 Å². The van der Waals surface area contributed by atoms with Crippen molar-refractivity contribution in [2.45, 2.75) is 50.9 Å². The number of amides is 3. The molecule has 2 saturated heterocycles. The Kier molecular flexibility index (Phi) is 5.68. The van der Waals surface area contributed by atoms with Crippen LogP contribution in [0.25, 0.3) is 10.9 Å². The summed E-state index contributed by atoms with van der Waals surface area (Å²) < 4.78 is 6.33. The minimum atomic E-state index is -0.610. The number of piperidine rings is 1. The summed E-state index contributed by atoms with van der Waals surface area (Å²) in [6.07, 6.45) is 3.55. The van der Waals surface area contributed by atoms with Crippen LogP contribution in [0.2, 0.25) is 0 Å². The summed E-state index contributed by atoms with van der Waals surface area (Å²) in [6, 6.07) is 15.5. The Hall–Kier alpha value is -3.78. The second-order valence-corrected chi connectivity index (χ2v) is 9.88. The number of pyridine rings is 1. The minimum absolute atomic E-state index is 0.0576. The standard InChI is InChI=1S/C28H28N4O4/c1-17(19-12-18-4-2-3-5-24(18)29-14-19)31-11-10-22(16-31)36-21-6-7-23-20(13-21)15-32(28(23)35)25-8-9-26(33)30-27(25)34/h2-7,12-14,17,22,25H,8-11,15-16H2,1H3,(H,30,33,34)/t17?,22-,25?/m1/s1. The Balaban J connectivity index is 1.11. The van der Waals surface area contributed by atoms with Crippen LogP contribution in [0.3, 0.4) is 0 Å². The van der Waals surface area contributed by atoms with E-state index in [0.717, 1.165) is 41.7 Å². The third-order valence-corrected chi connectivity index (χ3v) is 7.62. The van der Waals surface area contributed by atoms with E-state index in [4.69, 9.17) is 4.74 Å². The monoisotopic (exact) mass is 484 g/mol. The number of carbonyl (C=O) groups is 3. The van der Waals surface area contributed by atoms with Gasteiger partial charge >= 0.3 is 0 Å². The van der Waals surface area contributed by atoms with Gasteiger partial charge in [-0.05, 0) is 61.2 Å². The zero-order valence-corrected chi connectivity index (χ0v) is 20.1. The number of ether oxygens (including phenoxy) is 1. The van der Waals surface area contributed by atoms with Gasteiger partial charge in [0.2, 0.25) is 11.8 Å². The lowest BCUT2D eigenvalue weighted by molar-refractivity contribution is -0.136. The molecule has 4 heterocycles. The molecule has 3 amide bonds. The summed E-state index contributed by atoms with van der Waals surface area (Å²) in [5.41, 5.74) is 3.64. The van der Waals surface area contributed by atoms with Crippen molar-refractivity contribution >= 4 is 28.6 Å². The molecule has 8 nitrogen and oxygen atoms in total. The molecule has 0 spiro atoms. The van der Waals surface area contributed by atoms with Gasteiger partial charge in [-0.2, -0.15) is 0 Å². The highest BCUT2D eigenvalue weighted by Gasteiger charge is 2.39. The van der Waals surface area contributed by atoms with Crippen LogP contribution in [0.1, 0.15) is 53.7 Å². The lowest BCUT2D eigenvalue weighted by Gasteiger charge is -2.29. The van der Waals surface area contributed by atoms with E-state index in [-0.39, 0.29) is 30.4 Å². The number of aromatic nitrogens is 1. The number of nitrogens with one attached hydrogen (secondary N) is 1. The fourth-order valence-corrected chi connectivity index (χ4v) is 5.55. The maximum Gasteiger partial charge on any atom is 0.255 e. The smallest absolute Gasteiger partial charge is 0.255 e. The Morgan fingerprint density at radius 1 is 1.08 bits per heavy atom. The predicted molar refractivity (Wildman–Crippen MR) is 133 cm³/mol. The summed E-state index contributed by atoms with van der Waals surface area (Å²) in [4.78, 5) is 45.3. The second-order valence-electron chi connectivity index (χ2n) is 9.88. The third kappa shape index (κ3) is 4.11. The normalized spacial score (nSPS) is 23.1. The van der Waals surface area contributed by atoms with Gasteiger partial charge < -0.3 is 9.64 Å². The molecule has 3 aromatic rings. The topological polar surface area (TPSA) is 91.8 Å². The number of para-hydroxylation sites is 1. The summed E-state index contributed by atoms with van der Waals surface area (Å²) >= 11 is 0. The van der Waals surface area contributed by atoms with E-state index >= 15 is 0 Å². The number of nitrogens with zero attached hydrogens (tertiary/aromatic N) is 3. The maximum atomic E-state index is 12.9. The molecule has 0 bridgehead atoms. The van der Waals surface area contributed by atoms with E-state index in [2.05, 4.69) is 34.3 Å². The van der Waals surface area contributed by atoms with Crippen LogP contribution < -0.4 is 10.1 Å². The molecule has 2 unspecified atom stereocenters. The zero-order chi connectivity index (χ0) is 24.8. The fraction of sp³-hybridized carbons (Fsp3) is 0.357. The largest absolute Gasteiger partial charge is 0.489 e. The lowest BCUT2D eigenvalue weighted by atomic mass is 10.0. The fourth-order valence-electron chi connectivity index (χ4n) is 5.55. The van der Waals surface area contributed by atoms with Crippen molar-refractivity contribution in [3.05, 3.63) is 71.4 Å². The molecule has 3 atom stereocenters. The van der Waals surface area contributed by atoms with Crippen LogP contribution in [-0.2, 0) is 16.1 Å². The molecule has 3 aliphatic heterocycles. The molecule has 1 aromatic heterocycles. The zero-order valence-electron chi connectivity index (χ0n) is 20.1. The number of rotatable bonds is 5. The molecule has 2 aromatic carbocycles. The first-order valence-corrected chi connectivity index (χ1v) is 12.5. The first kappa shape index (κ1) is 22.7. The van der Waals surface area contributed by atoms with E-state index in [9.17, 15) is 14.4 Å². The van der Waals surface area contributed by atoms with Gasteiger partial charge in [0.15, 0.2) is 0 Å². The molecular weight excluding hydrogens is 456 g/mol. The summed E-state index contributed by atoms with van der Waals surface area (Å²) in [7, 11) is 0. The molecule has 6 rings (SSSR count). The van der Waals surface area contributed by atoms with Crippen molar-refractivity contribution in [1.29, 1.82) is 0 Å². The van der Waals surface area contributed by atoms with Crippen LogP contribution in [-0.4, -0.2) is 57.7 Å². The van der Waals surface area contributed by atoms with E-state index < -0.39 is 11.9 Å². The Morgan fingerprint density at radius 2 is 1.94 bits per heavy atom. The van der Waals surface area contributed by atoms with Crippen LogP contribution >= 0.6 is 0 Å². The first-order chi connectivity index (χ1) is 17.5. The molecule has 8 heteroatoms. The van der Waals surface area contributed by atoms with Gasteiger partial charge in [-0.1, -0.05) is 18.2 Å². The van der Waals surface area contributed by atoms with Crippen molar-refractivity contribution in [1.82, 2.24) is 20.1 Å². The van der Waals surface area contributed by atoms with Crippen LogP contribution in [0, 0.1) is 0 Å². The lowest BCUT2D eigenvalue weighted by Crippen LogP contribution is -2.52. The highest BCUT2D eigenvalue weighted by molar-refractivity contribution is 6.05. The number of hydrogen-bond acceptors (Lipinski definition) is 6. The Bertz CT molecular complexity index is 1370. The number of imide groups is 1. The number of likely N-dealkylation sites (tertiary alicyclic amines) is 1. The van der Waals surface area contributed by atoms with Crippen molar-refractivity contribution in [3.8, 4) is 5.75 Å². The van der Waals surface area contributed by atoms with E-state index in [1.165, 1.54) is 5.56 Å². The second kappa shape index (κ2) is 9.02. The van der Waals surface area contributed by atoms with E-state index in [0.29, 0.717) is 18.5 Å². The Labute approximate surface area is 209 Å². The molecule has 36 heavy (non-hydrogen) atoms. The third-order valence-electron chi connectivity index (χ3n) is 7.62. The van der Waals surface area contributed by atoms with Crippen molar-refractivity contribution < 1.29 is 19.1 Å². The predicted octanol–water partition coefficient (Wildman–Crippen LogP) is 3.21. The van der Waals surface area contributed by atoms with E-state index in [1.54, 1.807) is 11.0 Å². The minimum Gasteiger partial charge on any atom is -0.489 e. The van der Waals surface area contributed by atoms with Gasteiger partial charge in [0, 0.05) is 49.2 Å². The van der Waals surface area contributed by atoms with Gasteiger partial charge in [0.1, 0.15) is 17.9 Å². The molecule has 0 aliphatic carbocycles. The molecule has 0 radical (unpaired) electrons. The van der Waals surface area contributed by atoms with Crippen molar-refractivity contribution in [2.75, 3.05) is 13.1 Å². The van der Waals surface area contributed by atoms with Crippen molar-refractivity contribution in [3.63, 3.8) is 0 Å². The Morgan fingerprint density at radius 3 is 2.81 bits per heavy atom. The average Bonchev–Trinajstić information content (AvgIpc) is 3.47. The van der Waals surface area contributed by atoms with Crippen LogP contribution in [0.4, 0.5) is 0 Å². The van der Waals surface area contributed by atoms with Crippen molar-refractivity contribution in [2.24, 2.45) is 0 Å². The summed E-state index contributed by atoms with van der Waals surface area (Å²) in [5.74, 6) is -0.118. The number of carbonyl (C=O) groups excluding carboxylic acids is 3. The number of benzene rings is 2. The molecule has 3 aliphatic rings. The number of hydrogen-bond donors (Lipinski definition) is 1. The molecule has 2 fully saturated rings. The summed E-state index contributed by atoms with van der Waals surface area (Å²) in [5, 5.41) is 3.49. The van der Waals surface area contributed by atoms with Crippen LogP contribution in [0.15, 0.2) is 54.7 Å². The van der Waals surface area contributed by atoms with Gasteiger partial charge in [0.05, 0.1) is 5.52 Å². The first-order valence-electron chi connectivity index (χ1n) is 12.5. The molecule has 1 N–H and O–H groups in total. The number of fused-ring (bicyclic) bond motifs is 2. The SMILES string of the molecule is CC(c1cnc2ccccc2c1)N1CC[C@@H](Oc2ccc3c(c2)CN(C2CCC(=O)NC2=O)C3=O)C1. The molecule has 184 valence electrons. The van der Waals surface area contributed by atoms with Gasteiger partial charge in [0.25, 0.3) is 5.91 Å². The molecular formula is C28H28N4O4. The van der Waals surface area contributed by atoms with Gasteiger partial charge in [-0.3, -0.25) is 29.6 Å². The quantitative estimate of drug-likeness (QED) is 0.559. The van der Waals surface area contributed by atoms with E-state index in [1.807, 2.05) is 36.5 Å². The summed E-state index contributed by atoms with van der Waals surface area (Å²) in [6.45, 7) is 4.30. The average molecular weight is 485 g/mol. The highest BCUT2D eigenvalue weighted by atomic mass is 16.5. The highest BCUT2D eigenvalue weighted by Crippen LogP contribution is 2.32.